The van der Waals surface area contributed by atoms with Crippen LogP contribution in [0.2, 0.25) is 0 Å². The van der Waals surface area contributed by atoms with E-state index in [1.165, 1.54) is 0 Å². The molecule has 1 amide bonds. The van der Waals surface area contributed by atoms with E-state index in [9.17, 15) is 4.79 Å². The molecule has 4 rings (SSSR count). The highest BCUT2D eigenvalue weighted by molar-refractivity contribution is 5.97. The van der Waals surface area contributed by atoms with Crippen LogP contribution in [-0.2, 0) is 6.61 Å². The number of amides is 1. The van der Waals surface area contributed by atoms with Crippen molar-refractivity contribution in [1.82, 2.24) is 20.0 Å². The number of ether oxygens (including phenoxy) is 1. The Hall–Kier alpha value is -2.86. The SMILES string of the molecule is Cc1cccn2cc(COc3ccccc3C(=O)NC3CCCNC3C)nc12. The second-order valence-electron chi connectivity index (χ2n) is 7.40. The molecule has 6 nitrogen and oxygen atoms in total. The van der Waals surface area contributed by atoms with E-state index in [4.69, 9.17) is 4.74 Å². The summed E-state index contributed by atoms with van der Waals surface area (Å²) in [6.45, 7) is 5.46. The number of aromatic nitrogens is 2. The van der Waals surface area contributed by atoms with Crippen LogP contribution in [0, 0.1) is 6.92 Å². The Kier molecular flexibility index (Phi) is 5.30. The molecular weight excluding hydrogens is 352 g/mol. The van der Waals surface area contributed by atoms with Gasteiger partial charge in [-0.1, -0.05) is 18.2 Å². The zero-order valence-corrected chi connectivity index (χ0v) is 16.3. The first-order valence-corrected chi connectivity index (χ1v) is 9.81. The van der Waals surface area contributed by atoms with Gasteiger partial charge in [-0.05, 0) is 57.0 Å². The molecular formula is C22H26N4O2. The molecule has 2 N–H and O–H groups in total. The van der Waals surface area contributed by atoms with Crippen molar-refractivity contribution in [2.24, 2.45) is 0 Å². The van der Waals surface area contributed by atoms with Crippen LogP contribution in [0.15, 0.2) is 48.8 Å². The van der Waals surface area contributed by atoms with E-state index in [2.05, 4.69) is 22.5 Å². The van der Waals surface area contributed by atoms with Crippen LogP contribution in [0.4, 0.5) is 0 Å². The Balaban J connectivity index is 1.47. The highest BCUT2D eigenvalue weighted by atomic mass is 16.5. The summed E-state index contributed by atoms with van der Waals surface area (Å²) < 4.78 is 7.97. The molecule has 0 radical (unpaired) electrons. The van der Waals surface area contributed by atoms with Crippen LogP contribution in [0.3, 0.4) is 0 Å². The van der Waals surface area contributed by atoms with Crippen molar-refractivity contribution in [2.45, 2.75) is 45.4 Å². The molecule has 146 valence electrons. The van der Waals surface area contributed by atoms with Gasteiger partial charge in [0, 0.05) is 24.5 Å². The lowest BCUT2D eigenvalue weighted by atomic mass is 9.99. The molecule has 1 aliphatic heterocycles. The lowest BCUT2D eigenvalue weighted by Crippen LogP contribution is -2.51. The van der Waals surface area contributed by atoms with Crippen molar-refractivity contribution < 1.29 is 9.53 Å². The second kappa shape index (κ2) is 8.02. The van der Waals surface area contributed by atoms with Crippen LogP contribution in [-0.4, -0.2) is 33.9 Å². The Morgan fingerprint density at radius 2 is 2.18 bits per heavy atom. The van der Waals surface area contributed by atoms with Gasteiger partial charge in [0.15, 0.2) is 0 Å². The fourth-order valence-electron chi connectivity index (χ4n) is 3.69. The quantitative estimate of drug-likeness (QED) is 0.716. The third kappa shape index (κ3) is 3.87. The minimum absolute atomic E-state index is 0.0954. The van der Waals surface area contributed by atoms with E-state index in [0.29, 0.717) is 17.9 Å². The summed E-state index contributed by atoms with van der Waals surface area (Å²) in [5.74, 6) is 0.479. The van der Waals surface area contributed by atoms with E-state index in [1.807, 2.05) is 54.0 Å². The lowest BCUT2D eigenvalue weighted by molar-refractivity contribution is 0.0915. The molecule has 6 heteroatoms. The van der Waals surface area contributed by atoms with Crippen molar-refractivity contribution in [3.05, 3.63) is 65.6 Å². The van der Waals surface area contributed by atoms with Crippen LogP contribution >= 0.6 is 0 Å². The van der Waals surface area contributed by atoms with Gasteiger partial charge in [-0.15, -0.1) is 0 Å². The zero-order valence-electron chi connectivity index (χ0n) is 16.3. The molecule has 1 fully saturated rings. The summed E-state index contributed by atoms with van der Waals surface area (Å²) >= 11 is 0. The number of hydrogen-bond acceptors (Lipinski definition) is 4. The van der Waals surface area contributed by atoms with E-state index < -0.39 is 0 Å². The number of aryl methyl sites for hydroxylation is 1. The maximum atomic E-state index is 12.8. The minimum atomic E-state index is -0.0954. The summed E-state index contributed by atoms with van der Waals surface area (Å²) in [6.07, 6.45) is 5.99. The number of piperidine rings is 1. The number of pyridine rings is 1. The third-order valence-electron chi connectivity index (χ3n) is 5.31. The van der Waals surface area contributed by atoms with Gasteiger partial charge in [0.05, 0.1) is 11.3 Å². The summed E-state index contributed by atoms with van der Waals surface area (Å²) in [7, 11) is 0. The number of fused-ring (bicyclic) bond motifs is 1. The highest BCUT2D eigenvalue weighted by Gasteiger charge is 2.24. The number of rotatable bonds is 5. The minimum Gasteiger partial charge on any atom is -0.486 e. The Morgan fingerprint density at radius 1 is 1.32 bits per heavy atom. The molecule has 0 aliphatic carbocycles. The van der Waals surface area contributed by atoms with Gasteiger partial charge in [0.25, 0.3) is 5.91 Å². The molecule has 1 saturated heterocycles. The fourth-order valence-corrected chi connectivity index (χ4v) is 3.69. The number of hydrogen-bond donors (Lipinski definition) is 2. The second-order valence-corrected chi connectivity index (χ2v) is 7.40. The molecule has 0 spiro atoms. The molecule has 3 aromatic rings. The molecule has 1 aliphatic rings. The summed E-state index contributed by atoms with van der Waals surface area (Å²) in [5.41, 5.74) is 3.42. The van der Waals surface area contributed by atoms with Crippen LogP contribution < -0.4 is 15.4 Å². The van der Waals surface area contributed by atoms with Crippen molar-refractivity contribution in [1.29, 1.82) is 0 Å². The molecule has 2 unspecified atom stereocenters. The molecule has 1 aromatic carbocycles. The third-order valence-corrected chi connectivity index (χ3v) is 5.31. The number of imidazole rings is 1. The number of nitrogens with one attached hydrogen (secondary N) is 2. The molecule has 0 saturated carbocycles. The van der Waals surface area contributed by atoms with E-state index in [-0.39, 0.29) is 18.0 Å². The van der Waals surface area contributed by atoms with Gasteiger partial charge in [-0.25, -0.2) is 4.98 Å². The van der Waals surface area contributed by atoms with Crippen LogP contribution in [0.1, 0.15) is 41.4 Å². The standard InChI is InChI=1S/C22H26N4O2/c1-15-7-6-12-26-13-17(24-21(15)26)14-28-20-10-4-3-8-18(20)22(27)25-19-9-5-11-23-16(19)2/h3-4,6-8,10,12-13,16,19,23H,5,9,11,14H2,1-2H3,(H,25,27). The van der Waals surface area contributed by atoms with Crippen molar-refractivity contribution in [3.8, 4) is 5.75 Å². The predicted molar refractivity (Wildman–Crippen MR) is 109 cm³/mol. The highest BCUT2D eigenvalue weighted by Crippen LogP contribution is 2.21. The predicted octanol–water partition coefficient (Wildman–Crippen LogP) is 3.09. The summed E-state index contributed by atoms with van der Waals surface area (Å²) in [6, 6.07) is 11.8. The average molecular weight is 378 g/mol. The molecule has 0 bridgehead atoms. The Bertz CT molecular complexity index is 982. The lowest BCUT2D eigenvalue weighted by Gasteiger charge is -2.30. The number of carbonyl (C=O) groups excluding carboxylic acids is 1. The Labute approximate surface area is 164 Å². The number of para-hydroxylation sites is 1. The van der Waals surface area contributed by atoms with E-state index in [1.54, 1.807) is 6.07 Å². The van der Waals surface area contributed by atoms with E-state index in [0.717, 1.165) is 36.3 Å². The van der Waals surface area contributed by atoms with Gasteiger partial charge in [-0.2, -0.15) is 0 Å². The first-order valence-electron chi connectivity index (χ1n) is 9.81. The average Bonchev–Trinajstić information content (AvgIpc) is 3.13. The number of benzene rings is 1. The van der Waals surface area contributed by atoms with Gasteiger partial charge < -0.3 is 19.8 Å². The van der Waals surface area contributed by atoms with Crippen molar-refractivity contribution in [3.63, 3.8) is 0 Å². The van der Waals surface area contributed by atoms with Crippen molar-refractivity contribution in [2.75, 3.05) is 6.54 Å². The largest absolute Gasteiger partial charge is 0.486 e. The number of nitrogens with zero attached hydrogens (tertiary/aromatic N) is 2. The summed E-state index contributed by atoms with van der Waals surface area (Å²) in [4.78, 5) is 17.5. The molecule has 28 heavy (non-hydrogen) atoms. The first kappa shape index (κ1) is 18.5. The molecule has 3 heterocycles. The normalized spacial score (nSPS) is 19.5. The maximum absolute atomic E-state index is 12.8. The van der Waals surface area contributed by atoms with Gasteiger partial charge in [0.1, 0.15) is 18.0 Å². The van der Waals surface area contributed by atoms with Gasteiger partial charge in [-0.3, -0.25) is 4.79 Å². The topological polar surface area (TPSA) is 67.7 Å². The monoisotopic (exact) mass is 378 g/mol. The molecule has 2 atom stereocenters. The van der Waals surface area contributed by atoms with Gasteiger partial charge >= 0.3 is 0 Å². The summed E-state index contributed by atoms with van der Waals surface area (Å²) in [5, 5.41) is 6.56. The Morgan fingerprint density at radius 3 is 3.00 bits per heavy atom. The smallest absolute Gasteiger partial charge is 0.255 e. The first-order chi connectivity index (χ1) is 13.6. The van der Waals surface area contributed by atoms with Crippen LogP contribution in [0.5, 0.6) is 5.75 Å². The zero-order chi connectivity index (χ0) is 19.5. The maximum Gasteiger partial charge on any atom is 0.255 e. The number of carbonyl (C=O) groups is 1. The molecule has 2 aromatic heterocycles. The van der Waals surface area contributed by atoms with Gasteiger partial charge in [0.2, 0.25) is 0 Å². The van der Waals surface area contributed by atoms with E-state index >= 15 is 0 Å². The fraction of sp³-hybridized carbons (Fsp3) is 0.364. The van der Waals surface area contributed by atoms with Crippen molar-refractivity contribution >= 4 is 11.6 Å². The van der Waals surface area contributed by atoms with Crippen LogP contribution in [0.25, 0.3) is 5.65 Å².